The number of ether oxygens (including phenoxy) is 1. The van der Waals surface area contributed by atoms with Crippen LogP contribution in [0.25, 0.3) is 0 Å². The molecule has 0 saturated heterocycles. The molecule has 0 saturated carbocycles. The summed E-state index contributed by atoms with van der Waals surface area (Å²) in [4.78, 5) is 22.3. The monoisotopic (exact) mass is 278 g/mol. The average Bonchev–Trinajstić information content (AvgIpc) is 2.44. The molecule has 1 unspecified atom stereocenters. The van der Waals surface area contributed by atoms with Gasteiger partial charge in [-0.25, -0.2) is 0 Å². The summed E-state index contributed by atoms with van der Waals surface area (Å²) in [5.74, 6) is -0.309. The molecule has 110 valence electrons. The van der Waals surface area contributed by atoms with Crippen LogP contribution >= 0.6 is 0 Å². The Balaban J connectivity index is 2.41. The smallest absolute Gasteiger partial charge is 0.322 e. The first kappa shape index (κ1) is 16.2. The quantitative estimate of drug-likeness (QED) is 0.745. The molecule has 2 N–H and O–H groups in total. The predicted molar refractivity (Wildman–Crippen MR) is 78.5 cm³/mol. The summed E-state index contributed by atoms with van der Waals surface area (Å²) in [6.45, 7) is 4.12. The highest BCUT2D eigenvalue weighted by molar-refractivity contribution is 5.88. The van der Waals surface area contributed by atoms with Crippen molar-refractivity contribution >= 4 is 17.6 Å². The Kier molecular flexibility index (Phi) is 6.73. The normalized spacial score (nSPS) is 11.8. The second kappa shape index (κ2) is 8.32. The van der Waals surface area contributed by atoms with Crippen LogP contribution in [0.2, 0.25) is 0 Å². The maximum atomic E-state index is 11.4. The number of hydrogen-bond acceptors (Lipinski definition) is 4. The third kappa shape index (κ3) is 5.40. The Morgan fingerprint density at radius 3 is 2.40 bits per heavy atom. The Bertz CT molecular complexity index is 443. The Morgan fingerprint density at radius 1 is 1.25 bits per heavy atom. The van der Waals surface area contributed by atoms with Crippen LogP contribution < -0.4 is 10.6 Å². The number of anilines is 1. The van der Waals surface area contributed by atoms with Gasteiger partial charge in [-0.15, -0.1) is 0 Å². The van der Waals surface area contributed by atoms with E-state index in [1.54, 1.807) is 0 Å². The highest BCUT2D eigenvalue weighted by atomic mass is 16.5. The number of amides is 1. The van der Waals surface area contributed by atoms with Crippen molar-refractivity contribution in [2.24, 2.45) is 0 Å². The fourth-order valence-corrected chi connectivity index (χ4v) is 1.89. The van der Waals surface area contributed by atoms with Gasteiger partial charge in [0.25, 0.3) is 0 Å². The van der Waals surface area contributed by atoms with E-state index in [0.717, 1.165) is 17.7 Å². The molecule has 1 atom stereocenters. The predicted octanol–water partition coefficient (Wildman–Crippen LogP) is 1.73. The zero-order chi connectivity index (χ0) is 15.0. The number of carbonyl (C=O) groups is 2. The molecule has 0 radical (unpaired) electrons. The van der Waals surface area contributed by atoms with Crippen LogP contribution in [0.5, 0.6) is 0 Å². The van der Waals surface area contributed by atoms with E-state index in [9.17, 15) is 9.59 Å². The lowest BCUT2D eigenvalue weighted by Crippen LogP contribution is -2.38. The van der Waals surface area contributed by atoms with Crippen LogP contribution in [-0.2, 0) is 20.7 Å². The highest BCUT2D eigenvalue weighted by Crippen LogP contribution is 2.09. The lowest BCUT2D eigenvalue weighted by atomic mass is 10.1. The summed E-state index contributed by atoms with van der Waals surface area (Å²) in [5, 5.41) is 5.89. The van der Waals surface area contributed by atoms with E-state index in [1.165, 1.54) is 14.0 Å². The molecule has 0 bridgehead atoms. The molecule has 0 heterocycles. The van der Waals surface area contributed by atoms with E-state index < -0.39 is 0 Å². The molecular formula is C15H22N2O3. The van der Waals surface area contributed by atoms with E-state index in [4.69, 9.17) is 4.74 Å². The molecule has 1 aromatic rings. The highest BCUT2D eigenvalue weighted by Gasteiger charge is 2.15. The van der Waals surface area contributed by atoms with Gasteiger partial charge in [0.05, 0.1) is 7.11 Å². The Hall–Kier alpha value is -1.88. The minimum atomic E-state index is -0.251. The number of benzene rings is 1. The van der Waals surface area contributed by atoms with Crippen molar-refractivity contribution in [3.8, 4) is 0 Å². The third-order valence-corrected chi connectivity index (χ3v) is 2.97. The van der Waals surface area contributed by atoms with Gasteiger partial charge < -0.3 is 15.4 Å². The molecule has 1 amide bonds. The Labute approximate surface area is 119 Å². The first-order valence-electron chi connectivity index (χ1n) is 6.74. The maximum absolute atomic E-state index is 11.4. The number of nitrogens with one attached hydrogen (secondary N) is 2. The molecule has 0 fully saturated rings. The van der Waals surface area contributed by atoms with Crippen LogP contribution in [-0.4, -0.2) is 31.6 Å². The van der Waals surface area contributed by atoms with Gasteiger partial charge >= 0.3 is 5.97 Å². The van der Waals surface area contributed by atoms with E-state index in [1.807, 2.05) is 31.2 Å². The topological polar surface area (TPSA) is 67.4 Å². The molecule has 1 rings (SSSR count). The second-order valence-corrected chi connectivity index (χ2v) is 4.57. The van der Waals surface area contributed by atoms with Gasteiger partial charge in [-0.2, -0.15) is 0 Å². The molecule has 20 heavy (non-hydrogen) atoms. The maximum Gasteiger partial charge on any atom is 0.322 e. The third-order valence-electron chi connectivity index (χ3n) is 2.97. The molecule has 0 aromatic heterocycles. The largest absolute Gasteiger partial charge is 0.468 e. The van der Waals surface area contributed by atoms with E-state index >= 15 is 0 Å². The minimum absolute atomic E-state index is 0.0803. The Morgan fingerprint density at radius 2 is 1.90 bits per heavy atom. The molecule has 0 aliphatic carbocycles. The molecule has 0 aliphatic rings. The zero-order valence-electron chi connectivity index (χ0n) is 12.2. The number of esters is 1. The molecule has 0 aliphatic heterocycles. The van der Waals surface area contributed by atoms with Crippen molar-refractivity contribution in [1.82, 2.24) is 5.32 Å². The SMILES string of the molecule is CCC(NCCc1ccc(NC(C)=O)cc1)C(=O)OC. The standard InChI is InChI=1S/C15H22N2O3/c1-4-14(15(19)20-3)16-10-9-12-5-7-13(8-6-12)17-11(2)18/h5-8,14,16H,4,9-10H2,1-3H3,(H,17,18). The van der Waals surface area contributed by atoms with Crippen molar-refractivity contribution in [2.75, 3.05) is 19.0 Å². The first-order valence-corrected chi connectivity index (χ1v) is 6.74. The molecule has 1 aromatic carbocycles. The van der Waals surface area contributed by atoms with Crippen LogP contribution in [0.15, 0.2) is 24.3 Å². The van der Waals surface area contributed by atoms with Gasteiger partial charge in [-0.3, -0.25) is 9.59 Å². The summed E-state index contributed by atoms with van der Waals surface area (Å²) in [7, 11) is 1.40. The van der Waals surface area contributed by atoms with Crippen LogP contribution in [0.3, 0.4) is 0 Å². The van der Waals surface area contributed by atoms with Crippen molar-refractivity contribution in [3.05, 3.63) is 29.8 Å². The summed E-state index contributed by atoms with van der Waals surface area (Å²) >= 11 is 0. The fourth-order valence-electron chi connectivity index (χ4n) is 1.89. The molecule has 5 nitrogen and oxygen atoms in total. The molecule has 0 spiro atoms. The average molecular weight is 278 g/mol. The van der Waals surface area contributed by atoms with Crippen molar-refractivity contribution in [1.29, 1.82) is 0 Å². The van der Waals surface area contributed by atoms with E-state index in [-0.39, 0.29) is 17.9 Å². The van der Waals surface area contributed by atoms with Gasteiger partial charge in [0.15, 0.2) is 0 Å². The number of carbonyl (C=O) groups excluding carboxylic acids is 2. The second-order valence-electron chi connectivity index (χ2n) is 4.57. The number of hydrogen-bond donors (Lipinski definition) is 2. The van der Waals surface area contributed by atoms with Crippen LogP contribution in [0, 0.1) is 0 Å². The van der Waals surface area contributed by atoms with Gasteiger partial charge in [0, 0.05) is 12.6 Å². The lowest BCUT2D eigenvalue weighted by molar-refractivity contribution is -0.143. The fraction of sp³-hybridized carbons (Fsp3) is 0.467. The van der Waals surface area contributed by atoms with E-state index in [2.05, 4.69) is 10.6 Å². The zero-order valence-corrected chi connectivity index (χ0v) is 12.2. The van der Waals surface area contributed by atoms with Crippen molar-refractivity contribution in [3.63, 3.8) is 0 Å². The van der Waals surface area contributed by atoms with Gasteiger partial charge in [0.2, 0.25) is 5.91 Å². The summed E-state index contributed by atoms with van der Waals surface area (Å²) in [6.07, 6.45) is 1.52. The van der Waals surface area contributed by atoms with Crippen molar-refractivity contribution < 1.29 is 14.3 Å². The van der Waals surface area contributed by atoms with Crippen molar-refractivity contribution in [2.45, 2.75) is 32.7 Å². The molecule has 5 heteroatoms. The lowest BCUT2D eigenvalue weighted by Gasteiger charge is -2.14. The molecular weight excluding hydrogens is 256 g/mol. The minimum Gasteiger partial charge on any atom is -0.468 e. The number of rotatable bonds is 7. The van der Waals surface area contributed by atoms with Crippen LogP contribution in [0.1, 0.15) is 25.8 Å². The summed E-state index contributed by atoms with van der Waals surface area (Å²) in [6, 6.07) is 7.42. The first-order chi connectivity index (χ1) is 9.56. The van der Waals surface area contributed by atoms with Gasteiger partial charge in [-0.05, 0) is 37.1 Å². The van der Waals surface area contributed by atoms with Gasteiger partial charge in [0.1, 0.15) is 6.04 Å². The van der Waals surface area contributed by atoms with Gasteiger partial charge in [-0.1, -0.05) is 19.1 Å². The summed E-state index contributed by atoms with van der Waals surface area (Å²) in [5.41, 5.74) is 1.93. The summed E-state index contributed by atoms with van der Waals surface area (Å²) < 4.78 is 4.72. The number of methoxy groups -OCH3 is 1. The van der Waals surface area contributed by atoms with E-state index in [0.29, 0.717) is 13.0 Å². The van der Waals surface area contributed by atoms with Crippen LogP contribution in [0.4, 0.5) is 5.69 Å².